The average Bonchev–Trinajstić information content (AvgIpc) is 3.08. The molecule has 2 aromatic heterocycles. The molecule has 0 aliphatic carbocycles. The van der Waals surface area contributed by atoms with E-state index >= 15 is 0 Å². The van der Waals surface area contributed by atoms with Crippen LogP contribution in [0.2, 0.25) is 0 Å². The first-order chi connectivity index (χ1) is 11.8. The molecule has 0 saturated heterocycles. The zero-order valence-corrected chi connectivity index (χ0v) is 16.2. The molecule has 0 N–H and O–H groups in total. The van der Waals surface area contributed by atoms with Crippen molar-refractivity contribution in [1.29, 1.82) is 0 Å². The van der Waals surface area contributed by atoms with Crippen LogP contribution in [0, 0.1) is 6.92 Å². The Kier molecular flexibility index (Phi) is 4.33. The van der Waals surface area contributed by atoms with Crippen LogP contribution >= 0.6 is 11.3 Å². The smallest absolute Gasteiger partial charge is 0.195 e. The van der Waals surface area contributed by atoms with Crippen molar-refractivity contribution < 1.29 is 14.3 Å². The number of carbonyl (C=O) groups is 1. The molecule has 2 heterocycles. The quantitative estimate of drug-likeness (QED) is 0.645. The molecule has 3 rings (SSSR count). The number of methoxy groups -OCH3 is 2. The molecule has 6 heteroatoms. The number of ether oxygens (including phenoxy) is 2. The molecular weight excluding hydrogens is 336 g/mol. The van der Waals surface area contributed by atoms with Gasteiger partial charge < -0.3 is 9.47 Å². The Morgan fingerprint density at radius 3 is 2.40 bits per heavy atom. The molecule has 25 heavy (non-hydrogen) atoms. The van der Waals surface area contributed by atoms with Gasteiger partial charge in [-0.15, -0.1) is 11.3 Å². The van der Waals surface area contributed by atoms with Gasteiger partial charge in [-0.25, -0.2) is 4.98 Å². The summed E-state index contributed by atoms with van der Waals surface area (Å²) in [6.45, 7) is 8.23. The van der Waals surface area contributed by atoms with Crippen LogP contribution < -0.4 is 9.47 Å². The van der Waals surface area contributed by atoms with Crippen LogP contribution in [0.15, 0.2) is 18.2 Å². The van der Waals surface area contributed by atoms with E-state index < -0.39 is 0 Å². The second-order valence-corrected chi connectivity index (χ2v) is 8.09. The molecule has 0 fully saturated rings. The molecular formula is C19H22N2O3S. The van der Waals surface area contributed by atoms with E-state index in [9.17, 15) is 4.79 Å². The second kappa shape index (κ2) is 6.19. The third-order valence-electron chi connectivity index (χ3n) is 4.16. The number of aromatic nitrogens is 2. The molecule has 0 unspecified atom stereocenters. The van der Waals surface area contributed by atoms with Crippen LogP contribution in [0.5, 0.6) is 11.5 Å². The molecule has 132 valence electrons. The van der Waals surface area contributed by atoms with Gasteiger partial charge in [-0.3, -0.25) is 9.20 Å². The molecule has 0 spiro atoms. The molecule has 0 radical (unpaired) electrons. The number of benzene rings is 1. The van der Waals surface area contributed by atoms with Crippen molar-refractivity contribution in [2.75, 3.05) is 14.2 Å². The lowest BCUT2D eigenvalue weighted by Crippen LogP contribution is -2.15. The third kappa shape index (κ3) is 2.80. The number of aldehydes is 1. The maximum Gasteiger partial charge on any atom is 0.195 e. The predicted molar refractivity (Wildman–Crippen MR) is 100 cm³/mol. The van der Waals surface area contributed by atoms with Gasteiger partial charge in [-0.2, -0.15) is 0 Å². The van der Waals surface area contributed by atoms with Crippen LogP contribution in [0.4, 0.5) is 0 Å². The normalized spacial score (nSPS) is 11.8. The van der Waals surface area contributed by atoms with Gasteiger partial charge in [-0.05, 0) is 25.1 Å². The highest BCUT2D eigenvalue weighted by molar-refractivity contribution is 7.17. The van der Waals surface area contributed by atoms with Gasteiger partial charge in [0.1, 0.15) is 5.69 Å². The minimum Gasteiger partial charge on any atom is -0.493 e. The van der Waals surface area contributed by atoms with Gasteiger partial charge in [0, 0.05) is 15.9 Å². The molecule has 0 amide bonds. The highest BCUT2D eigenvalue weighted by Gasteiger charge is 2.27. The van der Waals surface area contributed by atoms with Crippen LogP contribution in [0.25, 0.3) is 16.2 Å². The zero-order chi connectivity index (χ0) is 18.4. The van der Waals surface area contributed by atoms with E-state index in [1.54, 1.807) is 25.6 Å². The van der Waals surface area contributed by atoms with Crippen LogP contribution in [0.3, 0.4) is 0 Å². The summed E-state index contributed by atoms with van der Waals surface area (Å²) in [5.41, 5.74) is 3.14. The maximum absolute atomic E-state index is 11.9. The molecule has 0 aliphatic heterocycles. The van der Waals surface area contributed by atoms with Gasteiger partial charge >= 0.3 is 0 Å². The first kappa shape index (κ1) is 17.5. The second-order valence-electron chi connectivity index (χ2n) is 6.91. The summed E-state index contributed by atoms with van der Waals surface area (Å²) in [6.07, 6.45) is 0.900. The lowest BCUT2D eigenvalue weighted by Gasteiger charge is -2.16. The van der Waals surface area contributed by atoms with Crippen molar-refractivity contribution in [3.8, 4) is 22.8 Å². The molecule has 0 aliphatic rings. The van der Waals surface area contributed by atoms with Gasteiger partial charge in [-0.1, -0.05) is 20.8 Å². The summed E-state index contributed by atoms with van der Waals surface area (Å²) < 4.78 is 12.7. The summed E-state index contributed by atoms with van der Waals surface area (Å²) in [5, 5.41) is 0. The van der Waals surface area contributed by atoms with Crippen LogP contribution in [0.1, 0.15) is 41.8 Å². The number of thiazole rings is 1. The van der Waals surface area contributed by atoms with Crippen molar-refractivity contribution in [3.05, 3.63) is 34.5 Å². The number of hydrogen-bond acceptors (Lipinski definition) is 5. The van der Waals surface area contributed by atoms with E-state index in [4.69, 9.17) is 14.5 Å². The van der Waals surface area contributed by atoms with Crippen molar-refractivity contribution in [2.24, 2.45) is 0 Å². The largest absolute Gasteiger partial charge is 0.493 e. The standard InChI is InChI=1S/C19H22N2O3S/c1-11-16(12-7-8-14(23-5)15(9-12)24-6)21-13(10-22)17(19(2,3)4)20-18(21)25-11/h7-10H,1-6H3. The molecule has 0 atom stereocenters. The van der Waals surface area contributed by atoms with E-state index in [-0.39, 0.29) is 5.41 Å². The Hall–Kier alpha value is -2.34. The predicted octanol–water partition coefficient (Wildman–Crippen LogP) is 4.50. The van der Waals surface area contributed by atoms with Gasteiger partial charge in [0.15, 0.2) is 22.7 Å². The van der Waals surface area contributed by atoms with Crippen LogP contribution in [-0.2, 0) is 5.41 Å². The number of imidazole rings is 1. The fourth-order valence-electron chi connectivity index (χ4n) is 3.02. The first-order valence-corrected chi connectivity index (χ1v) is 8.83. The van der Waals surface area contributed by atoms with Gasteiger partial charge in [0.2, 0.25) is 0 Å². The topological polar surface area (TPSA) is 52.8 Å². The van der Waals surface area contributed by atoms with E-state index in [1.807, 2.05) is 29.5 Å². The Morgan fingerprint density at radius 2 is 1.84 bits per heavy atom. The molecule has 1 aromatic carbocycles. The van der Waals surface area contributed by atoms with Crippen molar-refractivity contribution in [2.45, 2.75) is 33.1 Å². The van der Waals surface area contributed by atoms with E-state index in [2.05, 4.69) is 20.8 Å². The Labute approximate surface area is 151 Å². The summed E-state index contributed by atoms with van der Waals surface area (Å²) in [5.74, 6) is 1.33. The van der Waals surface area contributed by atoms with E-state index in [0.29, 0.717) is 17.2 Å². The lowest BCUT2D eigenvalue weighted by molar-refractivity contribution is 0.111. The minimum atomic E-state index is -0.204. The number of nitrogens with zero attached hydrogens (tertiary/aromatic N) is 2. The van der Waals surface area contributed by atoms with Crippen molar-refractivity contribution in [3.63, 3.8) is 0 Å². The Bertz CT molecular complexity index is 948. The Balaban J connectivity index is 2.31. The summed E-state index contributed by atoms with van der Waals surface area (Å²) in [4.78, 5) is 18.5. The maximum atomic E-state index is 11.9. The van der Waals surface area contributed by atoms with Crippen LogP contribution in [-0.4, -0.2) is 29.9 Å². The Morgan fingerprint density at radius 1 is 1.16 bits per heavy atom. The monoisotopic (exact) mass is 358 g/mol. The molecule has 0 saturated carbocycles. The van der Waals surface area contributed by atoms with E-state index in [1.165, 1.54) is 0 Å². The fourth-order valence-corrected chi connectivity index (χ4v) is 4.01. The SMILES string of the molecule is COc1ccc(-c2c(C)sc3nc(C(C)(C)C)c(C=O)n23)cc1OC. The summed E-state index contributed by atoms with van der Waals surface area (Å²) in [7, 11) is 3.23. The molecule has 3 aromatic rings. The molecule has 0 bridgehead atoms. The lowest BCUT2D eigenvalue weighted by atomic mass is 9.91. The van der Waals surface area contributed by atoms with Gasteiger partial charge in [0.05, 0.1) is 25.6 Å². The number of fused-ring (bicyclic) bond motifs is 1. The number of carbonyl (C=O) groups excluding carboxylic acids is 1. The van der Waals surface area contributed by atoms with Gasteiger partial charge in [0.25, 0.3) is 0 Å². The van der Waals surface area contributed by atoms with E-state index in [0.717, 1.165) is 33.1 Å². The van der Waals surface area contributed by atoms with Crippen molar-refractivity contribution in [1.82, 2.24) is 9.38 Å². The summed E-state index contributed by atoms with van der Waals surface area (Å²) >= 11 is 1.58. The summed E-state index contributed by atoms with van der Waals surface area (Å²) in [6, 6.07) is 5.78. The number of hydrogen-bond donors (Lipinski definition) is 0. The first-order valence-electron chi connectivity index (χ1n) is 8.01. The minimum absolute atomic E-state index is 0.204. The number of aryl methyl sites for hydroxylation is 1. The fraction of sp³-hybridized carbons (Fsp3) is 0.368. The number of rotatable bonds is 4. The highest BCUT2D eigenvalue weighted by Crippen LogP contribution is 2.38. The zero-order valence-electron chi connectivity index (χ0n) is 15.3. The highest BCUT2D eigenvalue weighted by atomic mass is 32.1. The molecule has 5 nitrogen and oxygen atoms in total. The third-order valence-corrected chi connectivity index (χ3v) is 5.12. The average molecular weight is 358 g/mol. The van der Waals surface area contributed by atoms with Crippen molar-refractivity contribution >= 4 is 22.6 Å².